The lowest BCUT2D eigenvalue weighted by Gasteiger charge is -2.00. The van der Waals surface area contributed by atoms with E-state index in [1.165, 1.54) is 0 Å². The van der Waals surface area contributed by atoms with Crippen LogP contribution >= 0.6 is 0 Å². The normalized spacial score (nSPS) is 11.0. The van der Waals surface area contributed by atoms with Crippen LogP contribution in [-0.2, 0) is 0 Å². The number of H-pyrrole nitrogens is 1. The number of fused-ring (bicyclic) bond motifs is 3. The number of rotatable bonds is 2. The van der Waals surface area contributed by atoms with Crippen LogP contribution < -0.4 is 0 Å². The summed E-state index contributed by atoms with van der Waals surface area (Å²) in [4.78, 5) is 15.1. The van der Waals surface area contributed by atoms with Crippen molar-refractivity contribution in [2.45, 2.75) is 0 Å². The van der Waals surface area contributed by atoms with E-state index in [0.717, 1.165) is 44.8 Å². The molecule has 1 aromatic heterocycles. The summed E-state index contributed by atoms with van der Waals surface area (Å²) in [5.74, 6) is 0. The van der Waals surface area contributed by atoms with E-state index in [1.807, 2.05) is 48.5 Å². The number of benzene rings is 3. The first kappa shape index (κ1) is 11.9. The van der Waals surface area contributed by atoms with E-state index < -0.39 is 0 Å². The highest BCUT2D eigenvalue weighted by Gasteiger charge is 2.14. The average Bonchev–Trinajstić information content (AvgIpc) is 2.94. The fourth-order valence-corrected chi connectivity index (χ4v) is 2.94. The van der Waals surface area contributed by atoms with Crippen LogP contribution in [0, 0.1) is 0 Å². The molecule has 0 aliphatic heterocycles. The number of aromatic amines is 1. The van der Waals surface area contributed by atoms with Gasteiger partial charge < -0.3 is 4.98 Å². The zero-order valence-electron chi connectivity index (χ0n) is 11.3. The second kappa shape index (κ2) is 4.60. The van der Waals surface area contributed by atoms with Crippen LogP contribution in [0.5, 0.6) is 0 Å². The quantitative estimate of drug-likeness (QED) is 0.522. The molecule has 0 saturated heterocycles. The van der Waals surface area contributed by atoms with Crippen molar-refractivity contribution in [1.29, 1.82) is 0 Å². The molecule has 0 atom stereocenters. The van der Waals surface area contributed by atoms with Gasteiger partial charge in [0.15, 0.2) is 6.29 Å². The fraction of sp³-hybridized carbons (Fsp3) is 0. The molecule has 0 radical (unpaired) electrons. The van der Waals surface area contributed by atoms with Gasteiger partial charge in [-0.05, 0) is 22.4 Å². The Balaban J connectivity index is 2.15. The van der Waals surface area contributed by atoms with Crippen molar-refractivity contribution >= 4 is 28.0 Å². The lowest BCUT2D eigenvalue weighted by molar-refractivity contribution is 0.112. The molecule has 100 valence electrons. The number of hydrogen-bond donors (Lipinski definition) is 1. The first-order chi connectivity index (χ1) is 10.4. The fourth-order valence-electron chi connectivity index (χ4n) is 2.94. The first-order valence-electron chi connectivity index (χ1n) is 6.92. The Morgan fingerprint density at radius 2 is 1.57 bits per heavy atom. The van der Waals surface area contributed by atoms with Gasteiger partial charge >= 0.3 is 0 Å². The van der Waals surface area contributed by atoms with Crippen molar-refractivity contribution in [2.75, 3.05) is 0 Å². The molecular formula is C19H13NO. The van der Waals surface area contributed by atoms with Gasteiger partial charge in [-0.3, -0.25) is 4.79 Å². The minimum atomic E-state index is 0.730. The van der Waals surface area contributed by atoms with E-state index >= 15 is 0 Å². The maximum atomic E-state index is 11.7. The molecule has 3 aromatic carbocycles. The van der Waals surface area contributed by atoms with Crippen LogP contribution in [0.15, 0.2) is 66.7 Å². The van der Waals surface area contributed by atoms with Gasteiger partial charge in [-0.2, -0.15) is 0 Å². The SMILES string of the molecule is O=Cc1c(-c2ccccc2)[nH]c2ccc3ccccc3c12. The summed E-state index contributed by atoms with van der Waals surface area (Å²) in [6.07, 6.45) is 0.952. The highest BCUT2D eigenvalue weighted by molar-refractivity contribution is 6.16. The first-order valence-corrected chi connectivity index (χ1v) is 6.92. The van der Waals surface area contributed by atoms with E-state index in [1.54, 1.807) is 0 Å². The Hall–Kier alpha value is -2.87. The van der Waals surface area contributed by atoms with E-state index in [4.69, 9.17) is 0 Å². The molecule has 0 unspecified atom stereocenters. The van der Waals surface area contributed by atoms with Gasteiger partial charge in [0.25, 0.3) is 0 Å². The minimum Gasteiger partial charge on any atom is -0.354 e. The average molecular weight is 271 g/mol. The van der Waals surface area contributed by atoms with E-state index in [0.29, 0.717) is 0 Å². The van der Waals surface area contributed by atoms with Crippen LogP contribution in [0.25, 0.3) is 32.9 Å². The molecule has 0 bridgehead atoms. The van der Waals surface area contributed by atoms with E-state index in [2.05, 4.69) is 23.2 Å². The lowest BCUT2D eigenvalue weighted by Crippen LogP contribution is -1.84. The molecule has 0 fully saturated rings. The van der Waals surface area contributed by atoms with E-state index in [9.17, 15) is 4.79 Å². The monoisotopic (exact) mass is 271 g/mol. The van der Waals surface area contributed by atoms with Crippen molar-refractivity contribution in [3.05, 3.63) is 72.3 Å². The van der Waals surface area contributed by atoms with Gasteiger partial charge in [0.1, 0.15) is 0 Å². The number of carbonyl (C=O) groups excluding carboxylic acids is 1. The molecular weight excluding hydrogens is 258 g/mol. The molecule has 2 heteroatoms. The third-order valence-corrected chi connectivity index (χ3v) is 3.91. The highest BCUT2D eigenvalue weighted by Crippen LogP contribution is 2.33. The van der Waals surface area contributed by atoms with Gasteiger partial charge in [-0.1, -0.05) is 60.7 Å². The molecule has 0 saturated carbocycles. The zero-order valence-corrected chi connectivity index (χ0v) is 11.3. The van der Waals surface area contributed by atoms with Crippen molar-refractivity contribution < 1.29 is 4.79 Å². The summed E-state index contributed by atoms with van der Waals surface area (Å²) in [6, 6.07) is 22.2. The Bertz CT molecular complexity index is 951. The van der Waals surface area contributed by atoms with Crippen molar-refractivity contribution in [3.8, 4) is 11.3 Å². The highest BCUT2D eigenvalue weighted by atomic mass is 16.1. The molecule has 21 heavy (non-hydrogen) atoms. The molecule has 4 aromatic rings. The molecule has 0 aliphatic rings. The summed E-state index contributed by atoms with van der Waals surface area (Å²) < 4.78 is 0. The standard InChI is InChI=1S/C19H13NO/c21-12-16-18-15-9-5-4-6-13(15)10-11-17(18)20-19(16)14-7-2-1-3-8-14/h1-12,20H. The Kier molecular flexibility index (Phi) is 2.61. The third kappa shape index (κ3) is 1.77. The summed E-state index contributed by atoms with van der Waals surface area (Å²) >= 11 is 0. The third-order valence-electron chi connectivity index (χ3n) is 3.91. The molecule has 0 spiro atoms. The molecule has 2 nitrogen and oxygen atoms in total. The number of carbonyl (C=O) groups is 1. The minimum absolute atomic E-state index is 0.730. The number of nitrogens with one attached hydrogen (secondary N) is 1. The van der Waals surface area contributed by atoms with Gasteiger partial charge in [-0.15, -0.1) is 0 Å². The maximum absolute atomic E-state index is 11.7. The van der Waals surface area contributed by atoms with Gasteiger partial charge in [0.2, 0.25) is 0 Å². The largest absolute Gasteiger partial charge is 0.354 e. The molecule has 1 heterocycles. The topological polar surface area (TPSA) is 32.9 Å². The van der Waals surface area contributed by atoms with Crippen molar-refractivity contribution in [2.24, 2.45) is 0 Å². The van der Waals surface area contributed by atoms with Gasteiger partial charge in [0.05, 0.1) is 5.69 Å². The predicted octanol–water partition coefficient (Wildman–Crippen LogP) is 4.80. The van der Waals surface area contributed by atoms with Crippen LogP contribution in [0.1, 0.15) is 10.4 Å². The van der Waals surface area contributed by atoms with Crippen LogP contribution in [0.3, 0.4) is 0 Å². The van der Waals surface area contributed by atoms with Crippen LogP contribution in [0.2, 0.25) is 0 Å². The number of hydrogen-bond acceptors (Lipinski definition) is 1. The summed E-state index contributed by atoms with van der Waals surface area (Å²) in [5, 5.41) is 3.25. The summed E-state index contributed by atoms with van der Waals surface area (Å²) in [7, 11) is 0. The van der Waals surface area contributed by atoms with Gasteiger partial charge in [-0.25, -0.2) is 0 Å². The second-order valence-corrected chi connectivity index (χ2v) is 5.11. The van der Waals surface area contributed by atoms with E-state index in [-0.39, 0.29) is 0 Å². The Labute approximate surface area is 122 Å². The predicted molar refractivity (Wildman–Crippen MR) is 86.6 cm³/mol. The summed E-state index contributed by atoms with van der Waals surface area (Å²) in [5.41, 5.74) is 3.64. The molecule has 1 N–H and O–H groups in total. The number of aldehydes is 1. The van der Waals surface area contributed by atoms with Crippen molar-refractivity contribution in [1.82, 2.24) is 4.98 Å². The summed E-state index contributed by atoms with van der Waals surface area (Å²) in [6.45, 7) is 0. The van der Waals surface area contributed by atoms with Crippen molar-refractivity contribution in [3.63, 3.8) is 0 Å². The Morgan fingerprint density at radius 3 is 2.38 bits per heavy atom. The molecule has 0 aliphatic carbocycles. The molecule has 4 rings (SSSR count). The smallest absolute Gasteiger partial charge is 0.152 e. The van der Waals surface area contributed by atoms with Crippen LogP contribution in [0.4, 0.5) is 0 Å². The van der Waals surface area contributed by atoms with Gasteiger partial charge in [0, 0.05) is 16.5 Å². The van der Waals surface area contributed by atoms with Crippen LogP contribution in [-0.4, -0.2) is 11.3 Å². The zero-order chi connectivity index (χ0) is 14.2. The lowest BCUT2D eigenvalue weighted by atomic mass is 10.0. The Morgan fingerprint density at radius 1 is 0.810 bits per heavy atom. The number of aromatic nitrogens is 1. The maximum Gasteiger partial charge on any atom is 0.152 e. The second-order valence-electron chi connectivity index (χ2n) is 5.11. The molecule has 0 amide bonds.